The second-order valence-electron chi connectivity index (χ2n) is 14.0. The first-order valence-electron chi connectivity index (χ1n) is 17.2. The third-order valence-corrected chi connectivity index (χ3v) is 10.5. The molecule has 0 bridgehead atoms. The number of esters is 1. The number of fused-ring (bicyclic) bond motifs is 1. The van der Waals surface area contributed by atoms with E-state index in [9.17, 15) is 9.59 Å². The summed E-state index contributed by atoms with van der Waals surface area (Å²) in [5.41, 5.74) is 5.68. The molecule has 4 aromatic rings. The molecule has 46 heavy (non-hydrogen) atoms. The molecule has 1 aliphatic heterocycles. The quantitative estimate of drug-likeness (QED) is 0.139. The number of H-pyrrole nitrogens is 1. The molecule has 1 fully saturated rings. The molecule has 1 N–H and O–H groups in total. The Morgan fingerprint density at radius 1 is 1.00 bits per heavy atom. The normalized spacial score (nSPS) is 18.7. The summed E-state index contributed by atoms with van der Waals surface area (Å²) in [4.78, 5) is 28.4. The molecule has 9 heteroatoms. The molecule has 1 atom stereocenters. The van der Waals surface area contributed by atoms with E-state index in [2.05, 4.69) is 76.4 Å². The summed E-state index contributed by atoms with van der Waals surface area (Å²) in [6.07, 6.45) is 9.93. The topological polar surface area (TPSA) is 108 Å². The first-order chi connectivity index (χ1) is 22.3. The Labute approximate surface area is 271 Å². The van der Waals surface area contributed by atoms with Crippen LogP contribution in [0.4, 0.5) is 0 Å². The number of rotatable bonds is 11. The van der Waals surface area contributed by atoms with Crippen LogP contribution in [-0.4, -0.2) is 42.6 Å². The number of ether oxygens (including phenoxy) is 1. The molecule has 0 saturated heterocycles. The largest absolute Gasteiger partial charge is 0.466 e. The standard InChI is InChI=1S/C37H48N6O3/c1-5-7-8-14-31-30(25-26-16-18-27(19-17-26)28-12-9-10-13-29(28)33-38-40-41-39-33)34(44)43-32(15-11-24-42(31)43)37(35(45)46-6-2)22-20-36(3,4)21-23-37/h9-10,12-13,16-19,32H,5-8,11,14-15,20-25H2,1-4H3,(H,38,39,40,41). The van der Waals surface area contributed by atoms with Crippen molar-refractivity contribution in [2.45, 2.75) is 111 Å². The van der Waals surface area contributed by atoms with Crippen LogP contribution in [0.15, 0.2) is 53.3 Å². The minimum Gasteiger partial charge on any atom is -0.466 e. The molecule has 1 aliphatic carbocycles. The second kappa shape index (κ2) is 13.4. The lowest BCUT2D eigenvalue weighted by Crippen LogP contribution is -2.50. The number of carbonyl (C=O) groups excluding carboxylic acids is 1. The molecule has 2 aromatic heterocycles. The van der Waals surface area contributed by atoms with Crippen molar-refractivity contribution < 1.29 is 9.53 Å². The minimum absolute atomic E-state index is 0.0660. The van der Waals surface area contributed by atoms with E-state index < -0.39 is 5.41 Å². The third kappa shape index (κ3) is 6.08. The lowest BCUT2D eigenvalue weighted by molar-refractivity contribution is -0.164. The number of hydrogen-bond donors (Lipinski definition) is 1. The van der Waals surface area contributed by atoms with Gasteiger partial charge in [0.2, 0.25) is 5.82 Å². The second-order valence-corrected chi connectivity index (χ2v) is 14.0. The van der Waals surface area contributed by atoms with Gasteiger partial charge < -0.3 is 4.74 Å². The number of nitrogens with one attached hydrogen (secondary N) is 1. The molecule has 1 unspecified atom stereocenters. The smallest absolute Gasteiger partial charge is 0.314 e. The fourth-order valence-electron chi connectivity index (χ4n) is 7.81. The van der Waals surface area contributed by atoms with Crippen LogP contribution in [-0.2, 0) is 28.9 Å². The Bertz CT molecular complexity index is 1690. The fraction of sp³-hybridized carbons (Fsp3) is 0.541. The Hall–Kier alpha value is -4.01. The predicted octanol–water partition coefficient (Wildman–Crippen LogP) is 7.31. The zero-order chi connectivity index (χ0) is 32.3. The summed E-state index contributed by atoms with van der Waals surface area (Å²) >= 11 is 0. The van der Waals surface area contributed by atoms with Crippen molar-refractivity contribution in [3.05, 3.63) is 75.7 Å². The fourth-order valence-corrected chi connectivity index (χ4v) is 7.81. The minimum atomic E-state index is -0.669. The van der Waals surface area contributed by atoms with Crippen LogP contribution in [0.5, 0.6) is 0 Å². The summed E-state index contributed by atoms with van der Waals surface area (Å²) in [7, 11) is 0. The Morgan fingerprint density at radius 2 is 1.74 bits per heavy atom. The molecule has 1 saturated carbocycles. The van der Waals surface area contributed by atoms with Gasteiger partial charge in [0, 0.05) is 29.8 Å². The van der Waals surface area contributed by atoms with Gasteiger partial charge in [-0.3, -0.25) is 14.3 Å². The summed E-state index contributed by atoms with van der Waals surface area (Å²) < 4.78 is 10.0. The third-order valence-electron chi connectivity index (χ3n) is 10.5. The molecule has 0 radical (unpaired) electrons. The lowest BCUT2D eigenvalue weighted by Gasteiger charge is -2.47. The maximum Gasteiger partial charge on any atom is 0.314 e. The van der Waals surface area contributed by atoms with Gasteiger partial charge in [-0.15, -0.1) is 10.2 Å². The zero-order valence-electron chi connectivity index (χ0n) is 27.8. The van der Waals surface area contributed by atoms with E-state index in [-0.39, 0.29) is 23.0 Å². The highest BCUT2D eigenvalue weighted by Crippen LogP contribution is 2.53. The van der Waals surface area contributed by atoms with E-state index in [1.165, 1.54) is 0 Å². The van der Waals surface area contributed by atoms with Crippen molar-refractivity contribution in [2.75, 3.05) is 6.61 Å². The van der Waals surface area contributed by atoms with Gasteiger partial charge in [-0.05, 0) is 85.6 Å². The number of carbonyl (C=O) groups is 1. The molecular weight excluding hydrogens is 576 g/mol. The van der Waals surface area contributed by atoms with Gasteiger partial charge >= 0.3 is 5.97 Å². The van der Waals surface area contributed by atoms with Crippen molar-refractivity contribution in [3.63, 3.8) is 0 Å². The summed E-state index contributed by atoms with van der Waals surface area (Å²) in [5, 5.41) is 14.6. The van der Waals surface area contributed by atoms with Crippen LogP contribution in [0.3, 0.4) is 0 Å². The molecule has 3 heterocycles. The maximum atomic E-state index is 14.6. The van der Waals surface area contributed by atoms with E-state index >= 15 is 0 Å². The van der Waals surface area contributed by atoms with Gasteiger partial charge in [0.25, 0.3) is 5.56 Å². The average molecular weight is 625 g/mol. The van der Waals surface area contributed by atoms with E-state index in [1.807, 2.05) is 29.8 Å². The highest BCUT2D eigenvalue weighted by molar-refractivity contribution is 5.80. The van der Waals surface area contributed by atoms with Gasteiger partial charge in [0.05, 0.1) is 18.1 Å². The summed E-state index contributed by atoms with van der Waals surface area (Å²) in [6.45, 7) is 9.84. The van der Waals surface area contributed by atoms with Crippen LogP contribution in [0, 0.1) is 10.8 Å². The molecule has 2 aliphatic rings. The highest BCUT2D eigenvalue weighted by atomic mass is 16.5. The average Bonchev–Trinajstić information content (AvgIpc) is 3.69. The van der Waals surface area contributed by atoms with Gasteiger partial charge in [0.15, 0.2) is 0 Å². The van der Waals surface area contributed by atoms with Crippen LogP contribution < -0.4 is 5.56 Å². The van der Waals surface area contributed by atoms with Crippen molar-refractivity contribution in [1.29, 1.82) is 0 Å². The van der Waals surface area contributed by atoms with E-state index in [0.717, 1.165) is 104 Å². The zero-order valence-corrected chi connectivity index (χ0v) is 27.8. The monoisotopic (exact) mass is 624 g/mol. The molecule has 6 rings (SSSR count). The van der Waals surface area contributed by atoms with Crippen LogP contribution in [0.25, 0.3) is 22.5 Å². The van der Waals surface area contributed by atoms with E-state index in [1.54, 1.807) is 0 Å². The van der Waals surface area contributed by atoms with Gasteiger partial charge in [-0.2, -0.15) is 5.21 Å². The number of unbranched alkanes of at least 4 members (excludes halogenated alkanes) is 2. The molecule has 0 amide bonds. The number of aromatic amines is 1. The lowest BCUT2D eigenvalue weighted by atomic mass is 9.61. The van der Waals surface area contributed by atoms with Crippen molar-refractivity contribution in [3.8, 4) is 22.5 Å². The Morgan fingerprint density at radius 3 is 2.41 bits per heavy atom. The summed E-state index contributed by atoms with van der Waals surface area (Å²) in [6, 6.07) is 16.3. The van der Waals surface area contributed by atoms with E-state index in [0.29, 0.717) is 18.9 Å². The highest BCUT2D eigenvalue weighted by Gasteiger charge is 2.53. The number of nitrogens with zero attached hydrogens (tertiary/aromatic N) is 5. The van der Waals surface area contributed by atoms with Gasteiger partial charge in [0.1, 0.15) is 0 Å². The first-order valence-corrected chi connectivity index (χ1v) is 17.2. The van der Waals surface area contributed by atoms with Crippen LogP contribution in [0.2, 0.25) is 0 Å². The maximum absolute atomic E-state index is 14.6. The Balaban J connectivity index is 1.37. The van der Waals surface area contributed by atoms with Crippen LogP contribution >= 0.6 is 0 Å². The number of benzene rings is 2. The van der Waals surface area contributed by atoms with Crippen molar-refractivity contribution in [2.24, 2.45) is 10.8 Å². The van der Waals surface area contributed by atoms with Crippen molar-refractivity contribution >= 4 is 5.97 Å². The van der Waals surface area contributed by atoms with Gasteiger partial charge in [-0.1, -0.05) is 82.1 Å². The molecule has 0 spiro atoms. The number of hydrogen-bond acceptors (Lipinski definition) is 6. The summed E-state index contributed by atoms with van der Waals surface area (Å²) in [5.74, 6) is 0.434. The molecular formula is C37H48N6O3. The van der Waals surface area contributed by atoms with Crippen molar-refractivity contribution in [1.82, 2.24) is 30.0 Å². The number of tetrazole rings is 1. The van der Waals surface area contributed by atoms with Crippen LogP contribution in [0.1, 0.15) is 108 Å². The molecule has 2 aromatic carbocycles. The predicted molar refractivity (Wildman–Crippen MR) is 179 cm³/mol. The number of aromatic nitrogens is 6. The SMILES string of the molecule is CCCCCc1c(Cc2ccc(-c3ccccc3-c3nn[nH]n3)cc2)c(=O)n2n1CCCC2C1(C(=O)OCC)CCC(C)(C)CC1. The molecule has 9 nitrogen and oxygen atoms in total. The Kier molecular flexibility index (Phi) is 9.29. The molecule has 244 valence electrons. The first kappa shape index (κ1) is 32.0. The van der Waals surface area contributed by atoms with E-state index in [4.69, 9.17) is 4.74 Å². The van der Waals surface area contributed by atoms with Gasteiger partial charge in [-0.25, -0.2) is 4.68 Å².